The minimum Gasteiger partial charge on any atom is -0.451 e. The van der Waals surface area contributed by atoms with E-state index in [-0.39, 0.29) is 29.4 Å². The van der Waals surface area contributed by atoms with Crippen LogP contribution in [0.2, 0.25) is 0 Å². The quantitative estimate of drug-likeness (QED) is 0.599. The van der Waals surface area contributed by atoms with Crippen molar-refractivity contribution in [2.24, 2.45) is 0 Å². The Morgan fingerprint density at radius 1 is 1.23 bits per heavy atom. The fraction of sp³-hybridized carbons (Fsp3) is 0.429. The third-order valence-electron chi connectivity index (χ3n) is 5.22. The van der Waals surface area contributed by atoms with Crippen molar-refractivity contribution in [3.8, 4) is 10.4 Å². The molecule has 3 rings (SSSR count). The maximum atomic E-state index is 13.1. The Kier molecular flexibility index (Phi) is 6.92. The summed E-state index contributed by atoms with van der Waals surface area (Å²) in [7, 11) is -3.14. The number of hydrogen-bond acceptors (Lipinski definition) is 6. The highest BCUT2D eigenvalue weighted by Gasteiger charge is 2.36. The summed E-state index contributed by atoms with van der Waals surface area (Å²) in [4.78, 5) is 27.8. The van der Waals surface area contributed by atoms with E-state index in [9.17, 15) is 22.4 Å². The van der Waals surface area contributed by atoms with Crippen molar-refractivity contribution in [1.82, 2.24) is 4.90 Å². The van der Waals surface area contributed by atoms with E-state index in [1.54, 1.807) is 29.2 Å². The van der Waals surface area contributed by atoms with E-state index in [4.69, 9.17) is 4.74 Å². The molecule has 9 heteroatoms. The van der Waals surface area contributed by atoms with Crippen LogP contribution in [0.1, 0.15) is 36.4 Å². The van der Waals surface area contributed by atoms with Gasteiger partial charge in [-0.2, -0.15) is 0 Å². The molecule has 1 aromatic heterocycles. The largest absolute Gasteiger partial charge is 0.451 e. The number of carbonyl (C=O) groups excluding carboxylic acids is 2. The molecule has 0 radical (unpaired) electrons. The van der Waals surface area contributed by atoms with Crippen molar-refractivity contribution < 1.29 is 27.1 Å². The lowest BCUT2D eigenvalue weighted by Gasteiger charge is -2.33. The van der Waals surface area contributed by atoms with Gasteiger partial charge < -0.3 is 9.64 Å². The van der Waals surface area contributed by atoms with Crippen molar-refractivity contribution >= 4 is 33.1 Å². The Morgan fingerprint density at radius 2 is 1.93 bits per heavy atom. The molecule has 0 bridgehead atoms. The van der Waals surface area contributed by atoms with Gasteiger partial charge in [0.05, 0.1) is 11.5 Å². The number of halogens is 1. The van der Waals surface area contributed by atoms with Gasteiger partial charge in [-0.05, 0) is 49.6 Å². The average Bonchev–Trinajstić information content (AvgIpc) is 3.33. The number of benzene rings is 1. The highest BCUT2D eigenvalue weighted by Crippen LogP contribution is 2.29. The Hall–Kier alpha value is -2.26. The lowest BCUT2D eigenvalue weighted by Crippen LogP contribution is -2.48. The van der Waals surface area contributed by atoms with Crippen LogP contribution in [0, 0.1) is 5.82 Å². The number of esters is 1. The molecular formula is C21H24FNO5S2. The SMILES string of the molecule is CCC(C)N(C(=O)COC(=O)c1ccc(-c2ccc(F)cc2)s1)C1CCS(=O)(=O)C1. The van der Waals surface area contributed by atoms with Crippen molar-refractivity contribution in [3.63, 3.8) is 0 Å². The first-order valence-corrected chi connectivity index (χ1v) is 12.4. The maximum Gasteiger partial charge on any atom is 0.348 e. The summed E-state index contributed by atoms with van der Waals surface area (Å²) in [6.45, 7) is 3.34. The minimum absolute atomic E-state index is 0.0526. The molecule has 0 saturated carbocycles. The predicted octanol–water partition coefficient (Wildman–Crippen LogP) is 3.53. The molecule has 2 aromatic rings. The molecule has 1 amide bonds. The van der Waals surface area contributed by atoms with Crippen LogP contribution >= 0.6 is 11.3 Å². The van der Waals surface area contributed by atoms with Gasteiger partial charge in [-0.1, -0.05) is 19.1 Å². The summed E-state index contributed by atoms with van der Waals surface area (Å²) in [6.07, 6.45) is 1.07. The van der Waals surface area contributed by atoms with Gasteiger partial charge in [-0.25, -0.2) is 17.6 Å². The fourth-order valence-corrected chi connectivity index (χ4v) is 6.11. The summed E-state index contributed by atoms with van der Waals surface area (Å²) >= 11 is 1.19. The second-order valence-corrected chi connectivity index (χ2v) is 10.7. The number of nitrogens with zero attached hydrogens (tertiary/aromatic N) is 1. The van der Waals surface area contributed by atoms with E-state index < -0.39 is 28.3 Å². The molecule has 2 atom stereocenters. The van der Waals surface area contributed by atoms with Gasteiger partial charge >= 0.3 is 5.97 Å². The predicted molar refractivity (Wildman–Crippen MR) is 114 cm³/mol. The van der Waals surface area contributed by atoms with Gasteiger partial charge in [0.25, 0.3) is 5.91 Å². The standard InChI is InChI=1S/C21H24FNO5S2/c1-3-14(2)23(17-10-11-30(26,27)13-17)20(24)12-28-21(25)19-9-8-18(29-19)15-4-6-16(22)7-5-15/h4-9,14,17H,3,10-13H2,1-2H3. The van der Waals surface area contributed by atoms with E-state index in [1.165, 1.54) is 23.5 Å². The van der Waals surface area contributed by atoms with Crippen LogP contribution in [0.5, 0.6) is 0 Å². The highest BCUT2D eigenvalue weighted by atomic mass is 32.2. The summed E-state index contributed by atoms with van der Waals surface area (Å²) in [5.41, 5.74) is 0.780. The van der Waals surface area contributed by atoms with Crippen LogP contribution in [0.15, 0.2) is 36.4 Å². The van der Waals surface area contributed by atoms with Gasteiger partial charge in [-0.3, -0.25) is 4.79 Å². The van der Waals surface area contributed by atoms with Crippen LogP contribution in [-0.4, -0.2) is 55.4 Å². The molecule has 2 unspecified atom stereocenters. The molecular weight excluding hydrogens is 429 g/mol. The summed E-state index contributed by atoms with van der Waals surface area (Å²) < 4.78 is 41.9. The molecule has 1 aliphatic rings. The highest BCUT2D eigenvalue weighted by molar-refractivity contribution is 7.91. The third-order valence-corrected chi connectivity index (χ3v) is 8.08. The first-order chi connectivity index (χ1) is 14.2. The van der Waals surface area contributed by atoms with E-state index >= 15 is 0 Å². The van der Waals surface area contributed by atoms with Gasteiger partial charge in [0.2, 0.25) is 0 Å². The molecule has 1 aliphatic heterocycles. The molecule has 30 heavy (non-hydrogen) atoms. The van der Waals surface area contributed by atoms with Crippen molar-refractivity contribution in [3.05, 3.63) is 47.1 Å². The number of thiophene rings is 1. The zero-order valence-electron chi connectivity index (χ0n) is 16.8. The number of hydrogen-bond donors (Lipinski definition) is 0. The van der Waals surface area contributed by atoms with Gasteiger partial charge in [0, 0.05) is 17.0 Å². The Balaban J connectivity index is 1.64. The molecule has 162 valence electrons. The van der Waals surface area contributed by atoms with Crippen molar-refractivity contribution in [1.29, 1.82) is 0 Å². The molecule has 0 spiro atoms. The van der Waals surface area contributed by atoms with Gasteiger partial charge in [0.15, 0.2) is 16.4 Å². The van der Waals surface area contributed by atoms with E-state index in [1.807, 2.05) is 13.8 Å². The third kappa shape index (κ3) is 5.26. The Labute approximate surface area is 179 Å². The van der Waals surface area contributed by atoms with Crippen LogP contribution in [0.25, 0.3) is 10.4 Å². The monoisotopic (exact) mass is 453 g/mol. The zero-order valence-corrected chi connectivity index (χ0v) is 18.5. The van der Waals surface area contributed by atoms with Gasteiger partial charge in [-0.15, -0.1) is 11.3 Å². The van der Waals surface area contributed by atoms with Crippen LogP contribution < -0.4 is 0 Å². The second-order valence-electron chi connectivity index (χ2n) is 7.36. The smallest absolute Gasteiger partial charge is 0.348 e. The molecule has 0 N–H and O–H groups in total. The number of rotatable bonds is 7. The molecule has 0 aliphatic carbocycles. The summed E-state index contributed by atoms with van der Waals surface area (Å²) in [5, 5.41) is 0. The summed E-state index contributed by atoms with van der Waals surface area (Å²) in [5.74, 6) is -1.34. The fourth-order valence-electron chi connectivity index (χ4n) is 3.49. The molecule has 2 heterocycles. The normalized spacial score (nSPS) is 18.7. The maximum absolute atomic E-state index is 13.1. The van der Waals surface area contributed by atoms with Crippen LogP contribution in [0.3, 0.4) is 0 Å². The Bertz CT molecular complexity index is 1020. The van der Waals surface area contributed by atoms with E-state index in [0.717, 1.165) is 10.4 Å². The topological polar surface area (TPSA) is 80.8 Å². The first-order valence-electron chi connectivity index (χ1n) is 9.74. The number of sulfone groups is 1. The summed E-state index contributed by atoms with van der Waals surface area (Å²) in [6, 6.07) is 8.75. The zero-order chi connectivity index (χ0) is 21.9. The van der Waals surface area contributed by atoms with E-state index in [2.05, 4.69) is 0 Å². The van der Waals surface area contributed by atoms with Crippen molar-refractivity contribution in [2.75, 3.05) is 18.1 Å². The van der Waals surface area contributed by atoms with Gasteiger partial charge in [0.1, 0.15) is 10.7 Å². The number of amides is 1. The molecule has 1 fully saturated rings. The average molecular weight is 454 g/mol. The number of ether oxygens (including phenoxy) is 1. The number of carbonyl (C=O) groups is 2. The van der Waals surface area contributed by atoms with Crippen LogP contribution in [-0.2, 0) is 19.4 Å². The minimum atomic E-state index is -3.14. The van der Waals surface area contributed by atoms with Crippen LogP contribution in [0.4, 0.5) is 4.39 Å². The lowest BCUT2D eigenvalue weighted by atomic mass is 10.1. The lowest BCUT2D eigenvalue weighted by molar-refractivity contribution is -0.138. The molecule has 6 nitrogen and oxygen atoms in total. The molecule has 1 aromatic carbocycles. The van der Waals surface area contributed by atoms with Crippen molar-refractivity contribution in [2.45, 2.75) is 38.8 Å². The van der Waals surface area contributed by atoms with E-state index in [0.29, 0.717) is 17.7 Å². The first kappa shape index (κ1) is 22.4. The second kappa shape index (κ2) is 9.26. The molecule has 1 saturated heterocycles. The Morgan fingerprint density at radius 3 is 2.53 bits per heavy atom.